The summed E-state index contributed by atoms with van der Waals surface area (Å²) in [7, 11) is 0. The average Bonchev–Trinajstić information content (AvgIpc) is 2.92. The van der Waals surface area contributed by atoms with Crippen LogP contribution in [0.2, 0.25) is 0 Å². The molecule has 3 aliphatic heterocycles. The van der Waals surface area contributed by atoms with Crippen molar-refractivity contribution in [3.05, 3.63) is 0 Å². The molecule has 3 atom stereocenters. The fraction of sp³-hybridized carbons (Fsp3) is 1.00. The van der Waals surface area contributed by atoms with E-state index in [0.717, 1.165) is 24.7 Å². The van der Waals surface area contributed by atoms with E-state index >= 15 is 0 Å². The van der Waals surface area contributed by atoms with Gasteiger partial charge < -0.3 is 5.73 Å². The van der Waals surface area contributed by atoms with Crippen LogP contribution >= 0.6 is 0 Å². The van der Waals surface area contributed by atoms with Crippen molar-refractivity contribution in [2.75, 3.05) is 26.2 Å². The molecule has 3 rings (SSSR count). The van der Waals surface area contributed by atoms with E-state index in [9.17, 15) is 0 Å². The first-order chi connectivity index (χ1) is 8.40. The van der Waals surface area contributed by atoms with Crippen LogP contribution in [0.1, 0.15) is 44.9 Å². The summed E-state index contributed by atoms with van der Waals surface area (Å²) in [6, 6.07) is 2.53. The zero-order chi connectivity index (χ0) is 11.7. The maximum atomic E-state index is 5.79. The molecule has 0 aromatic heterocycles. The Balaban J connectivity index is 1.68. The van der Waals surface area contributed by atoms with Crippen LogP contribution < -0.4 is 5.73 Å². The Hall–Kier alpha value is -0.120. The van der Waals surface area contributed by atoms with E-state index in [1.54, 1.807) is 0 Å². The third-order valence-corrected chi connectivity index (χ3v) is 5.17. The lowest BCUT2D eigenvalue weighted by atomic mass is 9.94. The van der Waals surface area contributed by atoms with E-state index in [1.807, 2.05) is 0 Å². The molecule has 3 aliphatic rings. The molecule has 3 heteroatoms. The molecule has 0 aromatic rings. The second-order valence-electron chi connectivity index (χ2n) is 6.07. The first-order valence-electron chi connectivity index (χ1n) is 7.60. The first kappa shape index (κ1) is 11.9. The molecule has 3 saturated heterocycles. The molecule has 98 valence electrons. The van der Waals surface area contributed by atoms with Crippen LogP contribution in [0.4, 0.5) is 0 Å². The molecule has 0 saturated carbocycles. The maximum Gasteiger partial charge on any atom is 0.0266 e. The Morgan fingerprint density at radius 1 is 0.882 bits per heavy atom. The van der Waals surface area contributed by atoms with Gasteiger partial charge in [-0.3, -0.25) is 9.80 Å². The zero-order valence-electron chi connectivity index (χ0n) is 11.0. The summed E-state index contributed by atoms with van der Waals surface area (Å²) >= 11 is 0. The Morgan fingerprint density at radius 2 is 1.82 bits per heavy atom. The highest BCUT2D eigenvalue weighted by atomic mass is 15.3. The van der Waals surface area contributed by atoms with Crippen LogP contribution in [0.15, 0.2) is 0 Å². The molecule has 0 amide bonds. The minimum atomic E-state index is 0.791. The smallest absolute Gasteiger partial charge is 0.0266 e. The predicted octanol–water partition coefficient (Wildman–Crippen LogP) is 1.43. The van der Waals surface area contributed by atoms with Crippen molar-refractivity contribution >= 4 is 0 Å². The fourth-order valence-corrected chi connectivity index (χ4v) is 4.40. The van der Waals surface area contributed by atoms with Crippen molar-refractivity contribution in [3.63, 3.8) is 0 Å². The van der Waals surface area contributed by atoms with Crippen LogP contribution in [-0.2, 0) is 0 Å². The monoisotopic (exact) mass is 237 g/mol. The second kappa shape index (κ2) is 5.25. The molecular formula is C14H27N3. The molecule has 0 aliphatic carbocycles. The first-order valence-corrected chi connectivity index (χ1v) is 7.60. The summed E-state index contributed by atoms with van der Waals surface area (Å²) in [5.74, 6) is 0. The molecule has 0 aromatic carbocycles. The normalized spacial score (nSPS) is 39.7. The average molecular weight is 237 g/mol. The van der Waals surface area contributed by atoms with Crippen molar-refractivity contribution in [1.29, 1.82) is 0 Å². The van der Waals surface area contributed by atoms with Gasteiger partial charge in [-0.2, -0.15) is 0 Å². The van der Waals surface area contributed by atoms with E-state index in [1.165, 1.54) is 64.6 Å². The fourth-order valence-electron chi connectivity index (χ4n) is 4.40. The molecule has 3 heterocycles. The largest absolute Gasteiger partial charge is 0.330 e. The number of fused-ring (bicyclic) bond motifs is 1. The van der Waals surface area contributed by atoms with Gasteiger partial charge in [-0.25, -0.2) is 0 Å². The number of piperidine rings is 1. The molecule has 0 radical (unpaired) electrons. The lowest BCUT2D eigenvalue weighted by Gasteiger charge is -2.42. The Bertz CT molecular complexity index is 254. The van der Waals surface area contributed by atoms with Gasteiger partial charge >= 0.3 is 0 Å². The molecule has 17 heavy (non-hydrogen) atoms. The Labute approximate surface area is 105 Å². The van der Waals surface area contributed by atoms with Crippen molar-refractivity contribution in [1.82, 2.24) is 9.80 Å². The second-order valence-corrected chi connectivity index (χ2v) is 6.07. The van der Waals surface area contributed by atoms with Crippen LogP contribution in [0.5, 0.6) is 0 Å². The third kappa shape index (κ3) is 2.25. The standard InChI is InChI=1S/C14H27N3/c15-8-6-12-4-1-2-10-17(12)14-7-11-16-9-3-5-13(14)16/h12-14H,1-11,15H2. The Morgan fingerprint density at radius 3 is 2.71 bits per heavy atom. The van der Waals surface area contributed by atoms with Gasteiger partial charge in [-0.1, -0.05) is 6.42 Å². The van der Waals surface area contributed by atoms with Crippen LogP contribution in [0.3, 0.4) is 0 Å². The van der Waals surface area contributed by atoms with Gasteiger partial charge in [-0.15, -0.1) is 0 Å². The number of likely N-dealkylation sites (tertiary alicyclic amines) is 1. The van der Waals surface area contributed by atoms with Crippen LogP contribution in [0.25, 0.3) is 0 Å². The summed E-state index contributed by atoms with van der Waals surface area (Å²) in [4.78, 5) is 5.57. The van der Waals surface area contributed by atoms with Gasteiger partial charge in [-0.05, 0) is 58.2 Å². The van der Waals surface area contributed by atoms with E-state index < -0.39 is 0 Å². The minimum absolute atomic E-state index is 0.791. The number of nitrogens with zero attached hydrogens (tertiary/aromatic N) is 2. The van der Waals surface area contributed by atoms with Crippen LogP contribution in [0, 0.1) is 0 Å². The number of hydrogen-bond donors (Lipinski definition) is 1. The van der Waals surface area contributed by atoms with Gasteiger partial charge in [0.2, 0.25) is 0 Å². The van der Waals surface area contributed by atoms with Crippen molar-refractivity contribution in [3.8, 4) is 0 Å². The highest BCUT2D eigenvalue weighted by Gasteiger charge is 2.42. The summed E-state index contributed by atoms with van der Waals surface area (Å²) < 4.78 is 0. The molecule has 0 bridgehead atoms. The van der Waals surface area contributed by atoms with Gasteiger partial charge in [0, 0.05) is 24.7 Å². The number of nitrogens with two attached hydrogens (primary N) is 1. The zero-order valence-corrected chi connectivity index (χ0v) is 11.0. The lowest BCUT2D eigenvalue weighted by molar-refractivity contribution is 0.0737. The molecule has 3 unspecified atom stereocenters. The molecule has 0 spiro atoms. The quantitative estimate of drug-likeness (QED) is 0.806. The van der Waals surface area contributed by atoms with E-state index in [2.05, 4.69) is 9.80 Å². The number of hydrogen-bond acceptors (Lipinski definition) is 3. The summed E-state index contributed by atoms with van der Waals surface area (Å²) in [5.41, 5.74) is 5.79. The molecule has 3 nitrogen and oxygen atoms in total. The summed E-state index contributed by atoms with van der Waals surface area (Å²) in [6.45, 7) is 4.90. The SMILES string of the molecule is NCCC1CCCCN1C1CCN2CCCC12. The lowest BCUT2D eigenvalue weighted by Crippen LogP contribution is -2.51. The third-order valence-electron chi connectivity index (χ3n) is 5.17. The highest BCUT2D eigenvalue weighted by molar-refractivity contribution is 4.99. The van der Waals surface area contributed by atoms with Gasteiger partial charge in [0.15, 0.2) is 0 Å². The Kier molecular flexibility index (Phi) is 3.69. The van der Waals surface area contributed by atoms with Gasteiger partial charge in [0.05, 0.1) is 0 Å². The predicted molar refractivity (Wildman–Crippen MR) is 71.0 cm³/mol. The molecular weight excluding hydrogens is 210 g/mol. The van der Waals surface area contributed by atoms with Gasteiger partial charge in [0.25, 0.3) is 0 Å². The van der Waals surface area contributed by atoms with E-state index in [0.29, 0.717) is 0 Å². The highest BCUT2D eigenvalue weighted by Crippen LogP contribution is 2.34. The van der Waals surface area contributed by atoms with Crippen LogP contribution in [-0.4, -0.2) is 54.1 Å². The summed E-state index contributed by atoms with van der Waals surface area (Å²) in [6.07, 6.45) is 9.70. The van der Waals surface area contributed by atoms with Crippen molar-refractivity contribution in [2.45, 2.75) is 63.1 Å². The van der Waals surface area contributed by atoms with Crippen molar-refractivity contribution in [2.24, 2.45) is 5.73 Å². The molecule has 2 N–H and O–H groups in total. The topological polar surface area (TPSA) is 32.5 Å². The maximum absolute atomic E-state index is 5.79. The summed E-state index contributed by atoms with van der Waals surface area (Å²) in [5, 5.41) is 0. The number of rotatable bonds is 3. The van der Waals surface area contributed by atoms with Gasteiger partial charge in [0.1, 0.15) is 0 Å². The molecule has 3 fully saturated rings. The van der Waals surface area contributed by atoms with Crippen molar-refractivity contribution < 1.29 is 0 Å². The van der Waals surface area contributed by atoms with E-state index in [-0.39, 0.29) is 0 Å². The minimum Gasteiger partial charge on any atom is -0.330 e. The van der Waals surface area contributed by atoms with E-state index in [4.69, 9.17) is 5.73 Å².